The van der Waals surface area contributed by atoms with Crippen LogP contribution < -0.4 is 5.56 Å². The number of fused-ring (bicyclic) bond motifs is 1. The molecular formula is C20H22N2O2S2. The topological polar surface area (TPSA) is 62.8 Å². The molecule has 0 bridgehead atoms. The van der Waals surface area contributed by atoms with Gasteiger partial charge in [0.05, 0.1) is 16.9 Å². The summed E-state index contributed by atoms with van der Waals surface area (Å²) >= 11 is 3.02. The van der Waals surface area contributed by atoms with Crippen LogP contribution in [0, 0.1) is 34.6 Å². The van der Waals surface area contributed by atoms with Gasteiger partial charge >= 0.3 is 0 Å². The third-order valence-corrected chi connectivity index (χ3v) is 6.56. The minimum absolute atomic E-state index is 0.0935. The number of nitrogens with one attached hydrogen (secondary N) is 1. The Bertz CT molecular complexity index is 1040. The molecule has 2 heterocycles. The van der Waals surface area contributed by atoms with Crippen LogP contribution in [-0.2, 0) is 5.75 Å². The molecule has 0 unspecified atom stereocenters. The smallest absolute Gasteiger partial charge is 0.259 e. The van der Waals surface area contributed by atoms with Crippen molar-refractivity contribution in [3.8, 4) is 0 Å². The number of hydrogen-bond donors (Lipinski definition) is 1. The molecule has 0 aliphatic rings. The van der Waals surface area contributed by atoms with E-state index in [2.05, 4.69) is 9.97 Å². The van der Waals surface area contributed by atoms with Gasteiger partial charge in [0.2, 0.25) is 0 Å². The van der Waals surface area contributed by atoms with Gasteiger partial charge in [0, 0.05) is 10.4 Å². The number of aryl methyl sites for hydroxylation is 5. The number of benzene rings is 1. The molecular weight excluding hydrogens is 364 g/mol. The SMILES string of the molecule is Cc1cc(C)c(C(=O)CSCc2nc3sc(C)c(C)c3c(=O)[nH]2)c(C)c1. The summed E-state index contributed by atoms with van der Waals surface area (Å²) in [6.07, 6.45) is 0. The molecule has 3 rings (SSSR count). The number of Topliss-reactive ketones (excluding diaryl/α,β-unsaturated/α-hetero) is 1. The second-order valence-corrected chi connectivity index (χ2v) is 8.85. The second-order valence-electron chi connectivity index (χ2n) is 6.67. The number of carbonyl (C=O) groups is 1. The number of ketones is 1. The number of thioether (sulfide) groups is 1. The lowest BCUT2D eigenvalue weighted by atomic mass is 9.97. The Morgan fingerprint density at radius 2 is 1.81 bits per heavy atom. The molecule has 2 aromatic heterocycles. The fourth-order valence-electron chi connectivity index (χ4n) is 3.30. The van der Waals surface area contributed by atoms with Crippen LogP contribution in [0.15, 0.2) is 16.9 Å². The maximum absolute atomic E-state index is 12.6. The first-order valence-electron chi connectivity index (χ1n) is 8.45. The molecule has 0 saturated carbocycles. The number of H-pyrrole nitrogens is 1. The summed E-state index contributed by atoms with van der Waals surface area (Å²) in [5.41, 5.74) is 4.92. The van der Waals surface area contributed by atoms with E-state index >= 15 is 0 Å². The molecule has 4 nitrogen and oxygen atoms in total. The molecule has 0 fully saturated rings. The highest BCUT2D eigenvalue weighted by Gasteiger charge is 2.15. The Balaban J connectivity index is 1.73. The predicted octanol–water partition coefficient (Wildman–Crippen LogP) is 4.64. The van der Waals surface area contributed by atoms with E-state index in [4.69, 9.17) is 0 Å². The second kappa shape index (κ2) is 7.37. The van der Waals surface area contributed by atoms with Crippen LogP contribution in [0.1, 0.15) is 43.3 Å². The van der Waals surface area contributed by atoms with Gasteiger partial charge in [-0.05, 0) is 51.3 Å². The standard InChI is InChI=1S/C20H22N2O2S2/c1-10-6-11(2)17(12(3)7-10)15(23)8-25-9-16-21-19(24)18-13(4)14(5)26-20(18)22-16/h6-7H,8-9H2,1-5H3,(H,21,22,24). The van der Waals surface area contributed by atoms with E-state index < -0.39 is 0 Å². The third-order valence-electron chi connectivity index (χ3n) is 4.52. The van der Waals surface area contributed by atoms with Crippen molar-refractivity contribution in [1.29, 1.82) is 0 Å². The average molecular weight is 387 g/mol. The van der Waals surface area contributed by atoms with Crippen molar-refractivity contribution < 1.29 is 4.79 Å². The summed E-state index contributed by atoms with van der Waals surface area (Å²) < 4.78 is 0. The van der Waals surface area contributed by atoms with Gasteiger partial charge in [-0.15, -0.1) is 23.1 Å². The summed E-state index contributed by atoms with van der Waals surface area (Å²) in [5.74, 6) is 1.63. The summed E-state index contributed by atoms with van der Waals surface area (Å²) in [7, 11) is 0. The van der Waals surface area contributed by atoms with Crippen molar-refractivity contribution in [1.82, 2.24) is 9.97 Å². The lowest BCUT2D eigenvalue weighted by molar-refractivity contribution is 0.102. The zero-order valence-corrected chi connectivity index (χ0v) is 17.3. The van der Waals surface area contributed by atoms with Crippen molar-refractivity contribution in [2.75, 3.05) is 5.75 Å². The van der Waals surface area contributed by atoms with E-state index in [9.17, 15) is 9.59 Å². The van der Waals surface area contributed by atoms with Gasteiger partial charge in [0.1, 0.15) is 10.7 Å². The number of hydrogen-bond acceptors (Lipinski definition) is 5. The maximum atomic E-state index is 12.6. The van der Waals surface area contributed by atoms with Crippen LogP contribution in [0.25, 0.3) is 10.2 Å². The van der Waals surface area contributed by atoms with E-state index in [-0.39, 0.29) is 11.3 Å². The molecule has 0 aliphatic heterocycles. The molecule has 3 aromatic rings. The monoisotopic (exact) mass is 386 g/mol. The zero-order valence-electron chi connectivity index (χ0n) is 15.6. The molecule has 26 heavy (non-hydrogen) atoms. The highest BCUT2D eigenvalue weighted by atomic mass is 32.2. The Labute approximate surface area is 161 Å². The first-order valence-corrected chi connectivity index (χ1v) is 10.4. The van der Waals surface area contributed by atoms with Crippen LogP contribution in [0.2, 0.25) is 0 Å². The van der Waals surface area contributed by atoms with Crippen LogP contribution >= 0.6 is 23.1 Å². The van der Waals surface area contributed by atoms with E-state index in [1.165, 1.54) is 17.3 Å². The summed E-state index contributed by atoms with van der Waals surface area (Å²) in [6, 6.07) is 4.08. The van der Waals surface area contributed by atoms with Crippen molar-refractivity contribution in [3.05, 3.63) is 61.0 Å². The molecule has 0 spiro atoms. The van der Waals surface area contributed by atoms with Gasteiger partial charge in [-0.1, -0.05) is 17.7 Å². The number of rotatable bonds is 5. The van der Waals surface area contributed by atoms with Crippen LogP contribution in [-0.4, -0.2) is 21.5 Å². The Kier molecular flexibility index (Phi) is 5.34. The van der Waals surface area contributed by atoms with Gasteiger partial charge in [0.15, 0.2) is 5.78 Å². The minimum atomic E-state index is -0.0935. The maximum Gasteiger partial charge on any atom is 0.259 e. The van der Waals surface area contributed by atoms with Crippen LogP contribution in [0.5, 0.6) is 0 Å². The zero-order chi connectivity index (χ0) is 19.0. The van der Waals surface area contributed by atoms with Crippen LogP contribution in [0.4, 0.5) is 0 Å². The van der Waals surface area contributed by atoms with E-state index in [1.807, 2.05) is 46.8 Å². The lowest BCUT2D eigenvalue weighted by Gasteiger charge is -2.10. The third kappa shape index (κ3) is 3.62. The molecule has 136 valence electrons. The van der Waals surface area contributed by atoms with Crippen LogP contribution in [0.3, 0.4) is 0 Å². The van der Waals surface area contributed by atoms with Gasteiger partial charge in [-0.3, -0.25) is 9.59 Å². The number of carbonyl (C=O) groups excluding carboxylic acids is 1. The fourth-order valence-corrected chi connectivity index (χ4v) is 5.11. The number of thiophene rings is 1. The summed E-state index contributed by atoms with van der Waals surface area (Å²) in [4.78, 5) is 34.2. The molecule has 0 aliphatic carbocycles. The quantitative estimate of drug-likeness (QED) is 0.649. The highest BCUT2D eigenvalue weighted by Crippen LogP contribution is 2.26. The minimum Gasteiger partial charge on any atom is -0.309 e. The van der Waals surface area contributed by atoms with Gasteiger partial charge < -0.3 is 4.98 Å². The number of aromatic amines is 1. The molecule has 1 aromatic carbocycles. The number of nitrogens with zero attached hydrogens (tertiary/aromatic N) is 1. The molecule has 0 atom stereocenters. The molecule has 1 N–H and O–H groups in total. The number of aromatic nitrogens is 2. The predicted molar refractivity (Wildman–Crippen MR) is 111 cm³/mol. The van der Waals surface area contributed by atoms with Crippen molar-refractivity contribution in [3.63, 3.8) is 0 Å². The Hall–Kier alpha value is -1.92. The lowest BCUT2D eigenvalue weighted by Crippen LogP contribution is -2.12. The van der Waals surface area contributed by atoms with Gasteiger partial charge in [0.25, 0.3) is 5.56 Å². The molecule has 6 heteroatoms. The normalized spacial score (nSPS) is 11.3. The largest absolute Gasteiger partial charge is 0.309 e. The first kappa shape index (κ1) is 18.9. The molecule has 0 saturated heterocycles. The van der Waals surface area contributed by atoms with Crippen molar-refractivity contribution in [2.24, 2.45) is 0 Å². The Morgan fingerprint density at radius 3 is 2.46 bits per heavy atom. The van der Waals surface area contributed by atoms with Gasteiger partial charge in [-0.2, -0.15) is 0 Å². The van der Waals surface area contributed by atoms with E-state index in [0.717, 1.165) is 32.0 Å². The average Bonchev–Trinajstić information content (AvgIpc) is 2.81. The van der Waals surface area contributed by atoms with E-state index in [0.29, 0.717) is 22.7 Å². The summed E-state index contributed by atoms with van der Waals surface area (Å²) in [5, 5.41) is 0.684. The highest BCUT2D eigenvalue weighted by molar-refractivity contribution is 7.99. The Morgan fingerprint density at radius 1 is 1.15 bits per heavy atom. The fraction of sp³-hybridized carbons (Fsp3) is 0.350. The van der Waals surface area contributed by atoms with E-state index in [1.54, 1.807) is 11.3 Å². The summed E-state index contributed by atoms with van der Waals surface area (Å²) in [6.45, 7) is 9.94. The van der Waals surface area contributed by atoms with Crippen molar-refractivity contribution in [2.45, 2.75) is 40.4 Å². The first-order chi connectivity index (χ1) is 12.3. The van der Waals surface area contributed by atoms with Gasteiger partial charge in [-0.25, -0.2) is 4.98 Å². The van der Waals surface area contributed by atoms with Crippen molar-refractivity contribution >= 4 is 39.1 Å². The molecule has 0 radical (unpaired) electrons. The molecule has 0 amide bonds.